The molecule has 1 heterocycles. The fourth-order valence-corrected chi connectivity index (χ4v) is 3.72. The molecule has 4 atom stereocenters. The van der Waals surface area contributed by atoms with Gasteiger partial charge in [-0.2, -0.15) is 24.4 Å². The summed E-state index contributed by atoms with van der Waals surface area (Å²) < 4.78 is 0. The molecule has 12 nitrogen and oxygen atoms in total. The van der Waals surface area contributed by atoms with Crippen molar-refractivity contribution in [1.29, 1.82) is 0 Å². The van der Waals surface area contributed by atoms with Crippen LogP contribution in [0.1, 0.15) is 31.4 Å². The van der Waals surface area contributed by atoms with E-state index in [0.29, 0.717) is 37.3 Å². The van der Waals surface area contributed by atoms with E-state index in [1.165, 1.54) is 18.1 Å². The van der Waals surface area contributed by atoms with E-state index in [-0.39, 0.29) is 18.6 Å². The average molecular weight is 518 g/mol. The first-order valence-electron chi connectivity index (χ1n) is 10.9. The van der Waals surface area contributed by atoms with Crippen LogP contribution in [0, 0.1) is 0 Å². The van der Waals surface area contributed by atoms with E-state index in [2.05, 4.69) is 38.5 Å². The van der Waals surface area contributed by atoms with Gasteiger partial charge in [0.25, 0.3) is 0 Å². The van der Waals surface area contributed by atoms with Gasteiger partial charge in [0.05, 0.1) is 12.4 Å². The van der Waals surface area contributed by atoms with Crippen molar-refractivity contribution in [3.8, 4) is 0 Å². The number of carbonyl (C=O) groups is 4. The molecule has 1 aromatic rings. The predicted molar refractivity (Wildman–Crippen MR) is 133 cm³/mol. The number of aromatic nitrogens is 2. The maximum atomic E-state index is 13.0. The van der Waals surface area contributed by atoms with E-state index in [1.54, 1.807) is 6.20 Å². The van der Waals surface area contributed by atoms with Crippen LogP contribution in [0.3, 0.4) is 0 Å². The Hall–Kier alpha value is -2.29. The van der Waals surface area contributed by atoms with Gasteiger partial charge in [0.2, 0.25) is 17.7 Å². The van der Waals surface area contributed by atoms with Crippen molar-refractivity contribution in [2.24, 2.45) is 11.5 Å². The molecular weight excluding hydrogens is 482 g/mol. The van der Waals surface area contributed by atoms with Crippen molar-refractivity contribution in [2.75, 3.05) is 24.3 Å². The lowest BCUT2D eigenvalue weighted by atomic mass is 10.1. The lowest BCUT2D eigenvalue weighted by Gasteiger charge is -2.25. The summed E-state index contributed by atoms with van der Waals surface area (Å²) in [6, 6.07) is -4.01. The first-order chi connectivity index (χ1) is 16.2. The standard InChI is InChI=1S/C20H35N7O5S2/c1-34-7-5-15(19(30)27-16(10-33)20(31)32)26-18(29)14(4-2-3-6-21)25-17(28)13(22)8-12-9-23-11-24-12/h9,11,13-16,33H,2-8,10,21-22H2,1H3,(H,23,24)(H,25,28)(H,26,29)(H,27,30)(H,31,32). The molecule has 0 aliphatic rings. The third-order valence-electron chi connectivity index (χ3n) is 4.95. The highest BCUT2D eigenvalue weighted by Crippen LogP contribution is 2.07. The number of carbonyl (C=O) groups excluding carboxylic acids is 3. The van der Waals surface area contributed by atoms with Gasteiger partial charge in [-0.15, -0.1) is 0 Å². The molecule has 0 aliphatic carbocycles. The van der Waals surface area contributed by atoms with Crippen LogP contribution in [0.4, 0.5) is 0 Å². The molecular formula is C20H35N7O5S2. The number of aliphatic carboxylic acids is 1. The Morgan fingerprint density at radius 1 is 1.09 bits per heavy atom. The molecule has 9 N–H and O–H groups in total. The van der Waals surface area contributed by atoms with Crippen molar-refractivity contribution in [2.45, 2.75) is 56.3 Å². The van der Waals surface area contributed by atoms with E-state index in [0.717, 1.165) is 0 Å². The number of thioether (sulfide) groups is 1. The third-order valence-corrected chi connectivity index (χ3v) is 5.96. The topological polar surface area (TPSA) is 205 Å². The van der Waals surface area contributed by atoms with Gasteiger partial charge in [-0.05, 0) is 44.2 Å². The molecule has 0 spiro atoms. The number of nitrogens with zero attached hydrogens (tertiary/aromatic N) is 1. The van der Waals surface area contributed by atoms with Crippen LogP contribution in [0.15, 0.2) is 12.5 Å². The fourth-order valence-electron chi connectivity index (χ4n) is 3.00. The number of carboxylic acid groups (broad SMARTS) is 1. The molecule has 0 aromatic carbocycles. The second-order valence-electron chi connectivity index (χ2n) is 7.66. The number of carboxylic acids is 1. The summed E-state index contributed by atoms with van der Waals surface area (Å²) in [6.45, 7) is 0.431. The highest BCUT2D eigenvalue weighted by atomic mass is 32.2. The van der Waals surface area contributed by atoms with Crippen molar-refractivity contribution in [1.82, 2.24) is 25.9 Å². The predicted octanol–water partition coefficient (Wildman–Crippen LogP) is -1.37. The molecule has 0 fully saturated rings. The van der Waals surface area contributed by atoms with Crippen molar-refractivity contribution >= 4 is 48.1 Å². The Morgan fingerprint density at radius 2 is 1.71 bits per heavy atom. The number of amides is 3. The molecule has 0 saturated heterocycles. The van der Waals surface area contributed by atoms with Gasteiger partial charge in [0.15, 0.2) is 0 Å². The summed E-state index contributed by atoms with van der Waals surface area (Å²) in [4.78, 5) is 56.4. The number of aromatic amines is 1. The second-order valence-corrected chi connectivity index (χ2v) is 9.01. The number of nitrogens with two attached hydrogens (primary N) is 2. The zero-order chi connectivity index (χ0) is 25.5. The summed E-state index contributed by atoms with van der Waals surface area (Å²) in [5.74, 6) is -2.48. The van der Waals surface area contributed by atoms with Gasteiger partial charge in [0.1, 0.15) is 18.1 Å². The number of hydrogen-bond donors (Lipinski definition) is 8. The lowest BCUT2D eigenvalue weighted by molar-refractivity contribution is -0.141. The van der Waals surface area contributed by atoms with E-state index >= 15 is 0 Å². The average Bonchev–Trinajstić information content (AvgIpc) is 3.31. The first kappa shape index (κ1) is 29.7. The lowest BCUT2D eigenvalue weighted by Crippen LogP contribution is -2.57. The normalized spacial score (nSPS) is 14.5. The largest absolute Gasteiger partial charge is 0.480 e. The van der Waals surface area contributed by atoms with Crippen LogP contribution in [-0.2, 0) is 25.6 Å². The molecule has 1 rings (SSSR count). The van der Waals surface area contributed by atoms with Gasteiger partial charge >= 0.3 is 5.97 Å². The Labute approximate surface area is 208 Å². The third kappa shape index (κ3) is 10.8. The Morgan fingerprint density at radius 3 is 2.24 bits per heavy atom. The molecule has 0 radical (unpaired) electrons. The monoisotopic (exact) mass is 517 g/mol. The Bertz CT molecular complexity index is 781. The minimum atomic E-state index is -1.23. The summed E-state index contributed by atoms with van der Waals surface area (Å²) in [5, 5.41) is 16.9. The number of rotatable bonds is 17. The molecule has 34 heavy (non-hydrogen) atoms. The Kier molecular flexibility index (Phi) is 14.3. The van der Waals surface area contributed by atoms with Crippen LogP contribution in [0.5, 0.6) is 0 Å². The quantitative estimate of drug-likeness (QED) is 0.0905. The molecule has 1 aromatic heterocycles. The van der Waals surface area contributed by atoms with Crippen LogP contribution in [0.25, 0.3) is 0 Å². The molecule has 4 unspecified atom stereocenters. The smallest absolute Gasteiger partial charge is 0.327 e. The number of thiol groups is 1. The Balaban J connectivity index is 2.88. The van der Waals surface area contributed by atoms with Gasteiger partial charge in [-0.1, -0.05) is 0 Å². The molecule has 192 valence electrons. The first-order valence-corrected chi connectivity index (χ1v) is 12.9. The zero-order valence-electron chi connectivity index (χ0n) is 19.2. The van der Waals surface area contributed by atoms with Crippen molar-refractivity contribution < 1.29 is 24.3 Å². The molecule has 0 bridgehead atoms. The summed E-state index contributed by atoms with van der Waals surface area (Å²) >= 11 is 5.42. The van der Waals surface area contributed by atoms with Crippen LogP contribution in [0.2, 0.25) is 0 Å². The summed E-state index contributed by atoms with van der Waals surface area (Å²) in [7, 11) is 0. The number of unbranched alkanes of at least 4 members (excludes halogenated alkanes) is 1. The fraction of sp³-hybridized carbons (Fsp3) is 0.650. The minimum Gasteiger partial charge on any atom is -0.480 e. The van der Waals surface area contributed by atoms with Crippen LogP contribution >= 0.6 is 24.4 Å². The highest BCUT2D eigenvalue weighted by Gasteiger charge is 2.29. The number of nitrogens with one attached hydrogen (secondary N) is 4. The second kappa shape index (κ2) is 16.4. The summed E-state index contributed by atoms with van der Waals surface area (Å²) in [6.07, 6.45) is 6.90. The molecule has 0 aliphatic heterocycles. The van der Waals surface area contributed by atoms with E-state index in [1.807, 2.05) is 6.26 Å². The maximum Gasteiger partial charge on any atom is 0.327 e. The number of imidazole rings is 1. The number of H-pyrrole nitrogens is 1. The molecule has 14 heteroatoms. The van der Waals surface area contributed by atoms with Crippen molar-refractivity contribution in [3.63, 3.8) is 0 Å². The highest BCUT2D eigenvalue weighted by molar-refractivity contribution is 7.98. The SMILES string of the molecule is CSCCC(NC(=O)C(CCCCN)NC(=O)C(N)Cc1cnc[nH]1)C(=O)NC(CS)C(=O)O. The van der Waals surface area contributed by atoms with Gasteiger partial charge in [-0.25, -0.2) is 9.78 Å². The number of hydrogen-bond acceptors (Lipinski definition) is 9. The maximum absolute atomic E-state index is 13.0. The van der Waals surface area contributed by atoms with E-state index in [9.17, 15) is 24.3 Å². The van der Waals surface area contributed by atoms with Gasteiger partial charge in [0, 0.05) is 24.1 Å². The van der Waals surface area contributed by atoms with Gasteiger partial charge < -0.3 is 37.5 Å². The minimum absolute atomic E-state index is 0.101. The summed E-state index contributed by atoms with van der Waals surface area (Å²) in [5.41, 5.74) is 12.2. The molecule has 0 saturated carbocycles. The van der Waals surface area contributed by atoms with Crippen LogP contribution < -0.4 is 27.4 Å². The van der Waals surface area contributed by atoms with Crippen molar-refractivity contribution in [3.05, 3.63) is 18.2 Å². The van der Waals surface area contributed by atoms with E-state index < -0.39 is 47.9 Å². The van der Waals surface area contributed by atoms with Gasteiger partial charge in [-0.3, -0.25) is 14.4 Å². The van der Waals surface area contributed by atoms with Crippen LogP contribution in [-0.4, -0.2) is 87.2 Å². The van der Waals surface area contributed by atoms with E-state index in [4.69, 9.17) is 11.5 Å². The molecule has 3 amide bonds. The zero-order valence-corrected chi connectivity index (χ0v) is 20.9.